The third-order valence-corrected chi connectivity index (χ3v) is 4.86. The van der Waals surface area contributed by atoms with Gasteiger partial charge in [-0.3, -0.25) is 9.69 Å². The monoisotopic (exact) mass is 306 g/mol. The number of amides is 1. The van der Waals surface area contributed by atoms with Crippen molar-refractivity contribution in [3.8, 4) is 0 Å². The Balaban J connectivity index is 1.52. The van der Waals surface area contributed by atoms with Crippen molar-refractivity contribution < 1.29 is 4.79 Å². The second kappa shape index (κ2) is 6.80. The molecule has 0 N–H and O–H groups in total. The van der Waals surface area contributed by atoms with E-state index in [0.717, 1.165) is 44.2 Å². The van der Waals surface area contributed by atoms with E-state index >= 15 is 0 Å². The Morgan fingerprint density at radius 1 is 1.10 bits per heavy atom. The lowest BCUT2D eigenvalue weighted by Gasteiger charge is -2.29. The number of nitrogens with zero attached hydrogens (tertiary/aromatic N) is 2. The molecule has 1 amide bonds. The molecule has 1 atom stereocenters. The summed E-state index contributed by atoms with van der Waals surface area (Å²) in [6.45, 7) is 4.77. The van der Waals surface area contributed by atoms with E-state index in [1.807, 2.05) is 12.1 Å². The van der Waals surface area contributed by atoms with E-state index < -0.39 is 0 Å². The van der Waals surface area contributed by atoms with Crippen molar-refractivity contribution in [3.63, 3.8) is 0 Å². The van der Waals surface area contributed by atoms with Crippen molar-refractivity contribution in [1.82, 2.24) is 9.80 Å². The lowest BCUT2D eigenvalue weighted by atomic mass is 10.0. The van der Waals surface area contributed by atoms with Crippen molar-refractivity contribution in [2.24, 2.45) is 5.92 Å². The van der Waals surface area contributed by atoms with Crippen molar-refractivity contribution in [2.45, 2.75) is 32.2 Å². The van der Waals surface area contributed by atoms with E-state index in [0.29, 0.717) is 5.91 Å². The molecular formula is C17H23ClN2O. The van der Waals surface area contributed by atoms with Crippen LogP contribution in [0.3, 0.4) is 0 Å². The Bertz CT molecular complexity index is 482. The van der Waals surface area contributed by atoms with Gasteiger partial charge in [0, 0.05) is 31.2 Å². The Morgan fingerprint density at radius 2 is 1.81 bits per heavy atom. The first-order chi connectivity index (χ1) is 10.2. The van der Waals surface area contributed by atoms with Crippen LogP contribution in [0.2, 0.25) is 5.02 Å². The predicted molar refractivity (Wildman–Crippen MR) is 85.3 cm³/mol. The highest BCUT2D eigenvalue weighted by atomic mass is 35.5. The molecule has 2 heterocycles. The van der Waals surface area contributed by atoms with Gasteiger partial charge < -0.3 is 4.90 Å². The molecule has 3 rings (SSSR count). The summed E-state index contributed by atoms with van der Waals surface area (Å²) in [5.41, 5.74) is 1.27. The largest absolute Gasteiger partial charge is 0.342 e. The average molecular weight is 307 g/mol. The average Bonchev–Trinajstić information content (AvgIpc) is 2.98. The molecule has 1 aromatic carbocycles. The van der Waals surface area contributed by atoms with E-state index in [1.54, 1.807) is 0 Å². The lowest BCUT2D eigenvalue weighted by Crippen LogP contribution is -2.40. The van der Waals surface area contributed by atoms with Crippen LogP contribution in [0.15, 0.2) is 24.3 Å². The van der Waals surface area contributed by atoms with Crippen LogP contribution in [0.25, 0.3) is 0 Å². The third-order valence-electron chi connectivity index (χ3n) is 4.61. The number of benzene rings is 1. The van der Waals surface area contributed by atoms with Crippen LogP contribution >= 0.6 is 11.6 Å². The van der Waals surface area contributed by atoms with Gasteiger partial charge in [0.2, 0.25) is 5.91 Å². The molecule has 2 aliphatic rings. The maximum Gasteiger partial charge on any atom is 0.227 e. The maximum atomic E-state index is 12.5. The Morgan fingerprint density at radius 3 is 2.52 bits per heavy atom. The molecule has 4 heteroatoms. The van der Waals surface area contributed by atoms with Crippen molar-refractivity contribution in [3.05, 3.63) is 34.9 Å². The highest BCUT2D eigenvalue weighted by Gasteiger charge is 2.31. The van der Waals surface area contributed by atoms with Gasteiger partial charge in [-0.1, -0.05) is 23.7 Å². The van der Waals surface area contributed by atoms with Crippen LogP contribution in [0.4, 0.5) is 0 Å². The first-order valence-corrected chi connectivity index (χ1v) is 8.36. The maximum absolute atomic E-state index is 12.5. The fourth-order valence-electron chi connectivity index (χ4n) is 3.40. The third kappa shape index (κ3) is 3.78. The normalized spacial score (nSPS) is 23.5. The molecule has 0 spiro atoms. The first-order valence-electron chi connectivity index (χ1n) is 7.98. The molecule has 3 nitrogen and oxygen atoms in total. The molecule has 2 aliphatic heterocycles. The fourth-order valence-corrected chi connectivity index (χ4v) is 3.52. The summed E-state index contributed by atoms with van der Waals surface area (Å²) < 4.78 is 0. The van der Waals surface area contributed by atoms with Crippen LogP contribution in [-0.4, -0.2) is 41.9 Å². The number of halogens is 1. The summed E-state index contributed by atoms with van der Waals surface area (Å²) in [6.07, 6.45) is 4.62. The SMILES string of the molecule is O=C(C1CCN(Cc2ccc(Cl)cc2)C1)N1CCCCC1. The van der Waals surface area contributed by atoms with Crippen LogP contribution in [0.1, 0.15) is 31.2 Å². The Kier molecular flexibility index (Phi) is 4.81. The minimum absolute atomic E-state index is 0.204. The molecule has 2 saturated heterocycles. The molecule has 0 aliphatic carbocycles. The molecule has 2 fully saturated rings. The van der Waals surface area contributed by atoms with Gasteiger partial charge in [0.15, 0.2) is 0 Å². The highest BCUT2D eigenvalue weighted by Crippen LogP contribution is 2.23. The summed E-state index contributed by atoms with van der Waals surface area (Å²) in [7, 11) is 0. The van der Waals surface area contributed by atoms with Gasteiger partial charge >= 0.3 is 0 Å². The van der Waals surface area contributed by atoms with E-state index in [9.17, 15) is 4.79 Å². The number of carbonyl (C=O) groups is 1. The van der Waals surface area contributed by atoms with Gasteiger partial charge in [-0.2, -0.15) is 0 Å². The van der Waals surface area contributed by atoms with Gasteiger partial charge in [-0.15, -0.1) is 0 Å². The van der Waals surface area contributed by atoms with Crippen molar-refractivity contribution >= 4 is 17.5 Å². The molecule has 21 heavy (non-hydrogen) atoms. The number of hydrogen-bond donors (Lipinski definition) is 0. The van der Waals surface area contributed by atoms with E-state index in [4.69, 9.17) is 11.6 Å². The zero-order valence-corrected chi connectivity index (χ0v) is 13.2. The van der Waals surface area contributed by atoms with Crippen LogP contribution < -0.4 is 0 Å². The lowest BCUT2D eigenvalue weighted by molar-refractivity contribution is -0.136. The molecule has 0 aromatic heterocycles. The summed E-state index contributed by atoms with van der Waals surface area (Å²) in [5.74, 6) is 0.587. The second-order valence-electron chi connectivity index (χ2n) is 6.23. The standard InChI is InChI=1S/C17H23ClN2O/c18-16-6-4-14(5-7-16)12-19-11-8-15(13-19)17(21)20-9-2-1-3-10-20/h4-7,15H,1-3,8-13H2. The van der Waals surface area contributed by atoms with Gasteiger partial charge in [0.25, 0.3) is 0 Å². The zero-order valence-electron chi connectivity index (χ0n) is 12.4. The first kappa shape index (κ1) is 14.9. The van der Waals surface area contributed by atoms with Crippen LogP contribution in [-0.2, 0) is 11.3 Å². The van der Waals surface area contributed by atoms with E-state index in [2.05, 4.69) is 21.9 Å². The minimum Gasteiger partial charge on any atom is -0.342 e. The zero-order chi connectivity index (χ0) is 14.7. The molecule has 0 radical (unpaired) electrons. The Hall–Kier alpha value is -1.06. The molecule has 1 aromatic rings. The Labute approximate surface area is 131 Å². The topological polar surface area (TPSA) is 23.6 Å². The van der Waals surface area contributed by atoms with Gasteiger partial charge in [0.05, 0.1) is 5.92 Å². The number of piperidine rings is 1. The van der Waals surface area contributed by atoms with Gasteiger partial charge in [-0.05, 0) is 49.9 Å². The second-order valence-corrected chi connectivity index (χ2v) is 6.67. The number of likely N-dealkylation sites (tertiary alicyclic amines) is 2. The summed E-state index contributed by atoms with van der Waals surface area (Å²) in [5, 5.41) is 0.776. The summed E-state index contributed by atoms with van der Waals surface area (Å²) in [4.78, 5) is 17.0. The van der Waals surface area contributed by atoms with Crippen molar-refractivity contribution in [1.29, 1.82) is 0 Å². The molecular weight excluding hydrogens is 284 g/mol. The molecule has 114 valence electrons. The summed E-state index contributed by atoms with van der Waals surface area (Å²) >= 11 is 5.92. The number of hydrogen-bond acceptors (Lipinski definition) is 2. The summed E-state index contributed by atoms with van der Waals surface area (Å²) in [6, 6.07) is 8.01. The fraction of sp³-hybridized carbons (Fsp3) is 0.588. The number of carbonyl (C=O) groups excluding carboxylic acids is 1. The quantitative estimate of drug-likeness (QED) is 0.856. The van der Waals surface area contributed by atoms with Crippen LogP contribution in [0.5, 0.6) is 0 Å². The van der Waals surface area contributed by atoms with Gasteiger partial charge in [0.1, 0.15) is 0 Å². The predicted octanol–water partition coefficient (Wildman–Crippen LogP) is 3.17. The van der Waals surface area contributed by atoms with Gasteiger partial charge in [-0.25, -0.2) is 0 Å². The van der Waals surface area contributed by atoms with Crippen molar-refractivity contribution in [2.75, 3.05) is 26.2 Å². The van der Waals surface area contributed by atoms with E-state index in [-0.39, 0.29) is 5.92 Å². The highest BCUT2D eigenvalue weighted by molar-refractivity contribution is 6.30. The minimum atomic E-state index is 0.204. The van der Waals surface area contributed by atoms with Crippen LogP contribution in [0, 0.1) is 5.92 Å². The molecule has 0 bridgehead atoms. The smallest absolute Gasteiger partial charge is 0.227 e. The molecule has 0 saturated carbocycles. The number of rotatable bonds is 3. The van der Waals surface area contributed by atoms with E-state index in [1.165, 1.54) is 24.8 Å². The molecule has 1 unspecified atom stereocenters.